The molecule has 0 saturated carbocycles. The van der Waals surface area contributed by atoms with Crippen molar-refractivity contribution in [1.29, 1.82) is 0 Å². The van der Waals surface area contributed by atoms with Gasteiger partial charge in [-0.2, -0.15) is 0 Å². The van der Waals surface area contributed by atoms with E-state index in [1.54, 1.807) is 0 Å². The van der Waals surface area contributed by atoms with Crippen LogP contribution in [0.2, 0.25) is 0 Å². The van der Waals surface area contributed by atoms with Crippen LogP contribution in [-0.4, -0.2) is 24.0 Å². The quantitative estimate of drug-likeness (QED) is 0.686. The van der Waals surface area contributed by atoms with Crippen LogP contribution in [0, 0.1) is 10.1 Å². The first-order chi connectivity index (χ1) is 11.0. The smallest absolute Gasteiger partial charge is 0.324 e. The zero-order valence-corrected chi connectivity index (χ0v) is 13.1. The molecule has 1 N–H and O–H groups in total. The lowest BCUT2D eigenvalue weighted by Gasteiger charge is -2.21. The minimum atomic E-state index is -0.508. The molecule has 2 aromatic rings. The predicted molar refractivity (Wildman–Crippen MR) is 84.3 cm³/mol. The number of hydrogen-bond acceptors (Lipinski definition) is 6. The summed E-state index contributed by atoms with van der Waals surface area (Å²) in [5, 5.41) is 13.4. The molecule has 1 aromatic heterocycles. The van der Waals surface area contributed by atoms with E-state index >= 15 is 0 Å². The molecule has 0 radical (unpaired) electrons. The Balaban J connectivity index is 1.71. The average molecular weight is 334 g/mol. The Morgan fingerprint density at radius 3 is 2.70 bits per heavy atom. The van der Waals surface area contributed by atoms with Gasteiger partial charge in [0.2, 0.25) is 0 Å². The number of carbonyl (C=O) groups excluding carboxylic acids is 1. The van der Waals surface area contributed by atoms with Gasteiger partial charge in [0.05, 0.1) is 15.8 Å². The molecule has 7 nitrogen and oxygen atoms in total. The molecular weight excluding hydrogens is 320 g/mol. The Morgan fingerprint density at radius 1 is 1.26 bits per heavy atom. The maximum absolute atomic E-state index is 12.2. The normalized spacial score (nSPS) is 14.1. The predicted octanol–water partition coefficient (Wildman–Crippen LogP) is 2.92. The highest BCUT2D eigenvalue weighted by Crippen LogP contribution is 2.32. The summed E-state index contributed by atoms with van der Waals surface area (Å²) in [6.07, 6.45) is 0. The van der Waals surface area contributed by atoms with E-state index in [0.29, 0.717) is 29.6 Å². The standard InChI is InChI=1S/C15H14N2O5S/c1-9(10-2-3-11-12(8-10)22-7-6-21-11)16-15(18)13-4-5-14(23-13)17(19)20/h2-5,8-9H,6-7H2,1H3,(H,16,18)/t9-/m1/s1. The average Bonchev–Trinajstić information content (AvgIpc) is 3.04. The Labute approximate surface area is 136 Å². The second kappa shape index (κ2) is 6.25. The van der Waals surface area contributed by atoms with Crippen LogP contribution in [0.5, 0.6) is 11.5 Å². The van der Waals surface area contributed by atoms with Crippen molar-refractivity contribution in [2.45, 2.75) is 13.0 Å². The molecular formula is C15H14N2O5S. The molecule has 0 aliphatic carbocycles. The van der Waals surface area contributed by atoms with Crippen LogP contribution >= 0.6 is 11.3 Å². The second-order valence-corrected chi connectivity index (χ2v) is 6.06. The molecule has 1 aliphatic heterocycles. The summed E-state index contributed by atoms with van der Waals surface area (Å²) >= 11 is 0.853. The van der Waals surface area contributed by atoms with Crippen LogP contribution in [0.4, 0.5) is 5.00 Å². The highest BCUT2D eigenvalue weighted by molar-refractivity contribution is 7.17. The van der Waals surface area contributed by atoms with Gasteiger partial charge in [0.1, 0.15) is 13.2 Å². The number of thiophene rings is 1. The van der Waals surface area contributed by atoms with Crippen LogP contribution in [0.3, 0.4) is 0 Å². The molecule has 0 saturated heterocycles. The van der Waals surface area contributed by atoms with Gasteiger partial charge in [-0.25, -0.2) is 0 Å². The van der Waals surface area contributed by atoms with Crippen molar-refractivity contribution in [2.24, 2.45) is 0 Å². The molecule has 0 unspecified atom stereocenters. The molecule has 1 aromatic carbocycles. The van der Waals surface area contributed by atoms with E-state index in [0.717, 1.165) is 16.9 Å². The van der Waals surface area contributed by atoms with E-state index in [4.69, 9.17) is 9.47 Å². The molecule has 0 bridgehead atoms. The molecule has 1 amide bonds. The SMILES string of the molecule is C[C@@H](NC(=O)c1ccc([N+](=O)[O-])s1)c1ccc2c(c1)OCCO2. The first-order valence-electron chi connectivity index (χ1n) is 6.99. The second-order valence-electron chi connectivity index (χ2n) is 4.99. The summed E-state index contributed by atoms with van der Waals surface area (Å²) < 4.78 is 11.0. The minimum Gasteiger partial charge on any atom is -0.486 e. The van der Waals surface area contributed by atoms with Crippen molar-refractivity contribution in [3.8, 4) is 11.5 Å². The summed E-state index contributed by atoms with van der Waals surface area (Å²) in [7, 11) is 0. The lowest BCUT2D eigenvalue weighted by atomic mass is 10.1. The van der Waals surface area contributed by atoms with Gasteiger partial charge in [0, 0.05) is 6.07 Å². The molecule has 2 heterocycles. The van der Waals surface area contributed by atoms with Gasteiger partial charge in [-0.15, -0.1) is 0 Å². The largest absolute Gasteiger partial charge is 0.486 e. The number of nitro groups is 1. The van der Waals surface area contributed by atoms with Crippen LogP contribution in [0.25, 0.3) is 0 Å². The van der Waals surface area contributed by atoms with Crippen LogP contribution < -0.4 is 14.8 Å². The number of amides is 1. The minimum absolute atomic E-state index is 0.0536. The molecule has 1 atom stereocenters. The van der Waals surface area contributed by atoms with Crippen molar-refractivity contribution < 1.29 is 19.2 Å². The van der Waals surface area contributed by atoms with E-state index < -0.39 is 4.92 Å². The van der Waals surface area contributed by atoms with Gasteiger partial charge in [0.25, 0.3) is 5.91 Å². The Morgan fingerprint density at radius 2 is 2.00 bits per heavy atom. The van der Waals surface area contributed by atoms with E-state index in [1.165, 1.54) is 12.1 Å². The number of carbonyl (C=O) groups is 1. The molecule has 0 spiro atoms. The summed E-state index contributed by atoms with van der Waals surface area (Å²) in [5.41, 5.74) is 0.869. The van der Waals surface area contributed by atoms with Gasteiger partial charge in [-0.3, -0.25) is 14.9 Å². The summed E-state index contributed by atoms with van der Waals surface area (Å²) in [4.78, 5) is 22.6. The maximum atomic E-state index is 12.2. The summed E-state index contributed by atoms with van der Waals surface area (Å²) in [6.45, 7) is 2.86. The highest BCUT2D eigenvalue weighted by atomic mass is 32.1. The molecule has 120 valence electrons. The number of nitrogens with one attached hydrogen (secondary N) is 1. The fourth-order valence-electron chi connectivity index (χ4n) is 2.23. The molecule has 23 heavy (non-hydrogen) atoms. The number of rotatable bonds is 4. The highest BCUT2D eigenvalue weighted by Gasteiger charge is 2.19. The van der Waals surface area contributed by atoms with E-state index in [1.807, 2.05) is 25.1 Å². The van der Waals surface area contributed by atoms with Crippen LogP contribution in [0.1, 0.15) is 28.2 Å². The maximum Gasteiger partial charge on any atom is 0.324 e. The van der Waals surface area contributed by atoms with Crippen molar-refractivity contribution in [2.75, 3.05) is 13.2 Å². The fraction of sp³-hybridized carbons (Fsp3) is 0.267. The fourth-order valence-corrected chi connectivity index (χ4v) is 2.95. The van der Waals surface area contributed by atoms with E-state index in [2.05, 4.69) is 5.32 Å². The number of ether oxygens (including phenoxy) is 2. The summed E-state index contributed by atoms with van der Waals surface area (Å²) in [6, 6.07) is 8.01. The van der Waals surface area contributed by atoms with Crippen LogP contribution in [0.15, 0.2) is 30.3 Å². The first-order valence-corrected chi connectivity index (χ1v) is 7.81. The zero-order valence-electron chi connectivity index (χ0n) is 12.3. The van der Waals surface area contributed by atoms with Crippen molar-refractivity contribution in [3.05, 3.63) is 50.9 Å². The molecule has 3 rings (SSSR count). The lowest BCUT2D eigenvalue weighted by Crippen LogP contribution is -2.26. The van der Waals surface area contributed by atoms with Gasteiger partial charge in [-0.1, -0.05) is 17.4 Å². The van der Waals surface area contributed by atoms with Gasteiger partial charge in [-0.05, 0) is 30.7 Å². The molecule has 0 fully saturated rings. The number of benzene rings is 1. The molecule has 8 heteroatoms. The van der Waals surface area contributed by atoms with Crippen molar-refractivity contribution in [1.82, 2.24) is 5.32 Å². The van der Waals surface area contributed by atoms with E-state index in [9.17, 15) is 14.9 Å². The van der Waals surface area contributed by atoms with Crippen molar-refractivity contribution in [3.63, 3.8) is 0 Å². The third-order valence-electron chi connectivity index (χ3n) is 3.41. The topological polar surface area (TPSA) is 90.7 Å². The van der Waals surface area contributed by atoms with Crippen LogP contribution in [-0.2, 0) is 0 Å². The van der Waals surface area contributed by atoms with E-state index in [-0.39, 0.29) is 17.0 Å². The number of fused-ring (bicyclic) bond motifs is 1. The van der Waals surface area contributed by atoms with Crippen molar-refractivity contribution >= 4 is 22.2 Å². The monoisotopic (exact) mass is 334 g/mol. The van der Waals surface area contributed by atoms with Gasteiger partial charge < -0.3 is 14.8 Å². The number of nitrogens with zero attached hydrogens (tertiary/aromatic N) is 1. The molecule has 1 aliphatic rings. The Hall–Kier alpha value is -2.61. The zero-order chi connectivity index (χ0) is 16.4. The first kappa shape index (κ1) is 15.3. The third kappa shape index (κ3) is 3.26. The lowest BCUT2D eigenvalue weighted by molar-refractivity contribution is -0.380. The summed E-state index contributed by atoms with van der Waals surface area (Å²) in [5.74, 6) is 1.000. The van der Waals surface area contributed by atoms with Gasteiger partial charge >= 0.3 is 5.00 Å². The Kier molecular flexibility index (Phi) is 4.16. The number of hydrogen-bond donors (Lipinski definition) is 1. The third-order valence-corrected chi connectivity index (χ3v) is 4.45. The van der Waals surface area contributed by atoms with Gasteiger partial charge in [0.15, 0.2) is 11.5 Å². The Bertz CT molecular complexity index is 758.